The van der Waals surface area contributed by atoms with Gasteiger partial charge in [0.25, 0.3) is 0 Å². The van der Waals surface area contributed by atoms with Gasteiger partial charge in [0.05, 0.1) is 5.02 Å². The van der Waals surface area contributed by atoms with Crippen molar-refractivity contribution in [3.63, 3.8) is 0 Å². The maximum atomic E-state index is 6.34. The number of aromatic nitrogens is 3. The van der Waals surface area contributed by atoms with Crippen molar-refractivity contribution in [1.82, 2.24) is 19.4 Å². The van der Waals surface area contributed by atoms with Crippen molar-refractivity contribution < 1.29 is 0 Å². The molecule has 2 aliphatic heterocycles. The molecule has 0 saturated carbocycles. The molecule has 3 aliphatic rings. The van der Waals surface area contributed by atoms with E-state index in [0.29, 0.717) is 6.04 Å². The van der Waals surface area contributed by atoms with Crippen LogP contribution in [0.4, 0.5) is 0 Å². The first-order valence-electron chi connectivity index (χ1n) is 9.86. The average molecular weight is 377 g/mol. The van der Waals surface area contributed by atoms with E-state index >= 15 is 0 Å². The summed E-state index contributed by atoms with van der Waals surface area (Å²) in [5.74, 6) is 0. The summed E-state index contributed by atoms with van der Waals surface area (Å²) >= 11 is 6.34. The van der Waals surface area contributed by atoms with Gasteiger partial charge in [-0.05, 0) is 61.1 Å². The number of fused-ring (bicyclic) bond motifs is 6. The summed E-state index contributed by atoms with van der Waals surface area (Å²) in [7, 11) is 0. The highest BCUT2D eigenvalue weighted by Gasteiger charge is 2.35. The summed E-state index contributed by atoms with van der Waals surface area (Å²) in [6.45, 7) is 2.36. The Bertz CT molecular complexity index is 1100. The SMILES string of the molecule is Clc1cnc2c(c1)c1c(n2C=C2CCc3cnccc32)CCN2CCCC12. The lowest BCUT2D eigenvalue weighted by Crippen LogP contribution is -2.31. The fraction of sp³-hybridized carbons (Fsp3) is 0.364. The summed E-state index contributed by atoms with van der Waals surface area (Å²) in [6, 6.07) is 4.79. The Kier molecular flexibility index (Phi) is 3.47. The van der Waals surface area contributed by atoms with Crippen LogP contribution in [0.3, 0.4) is 0 Å². The van der Waals surface area contributed by atoms with Gasteiger partial charge in [-0.25, -0.2) is 4.98 Å². The normalized spacial score (nSPS) is 23.0. The van der Waals surface area contributed by atoms with E-state index < -0.39 is 0 Å². The zero-order chi connectivity index (χ0) is 18.0. The van der Waals surface area contributed by atoms with Crippen molar-refractivity contribution in [2.45, 2.75) is 38.1 Å². The van der Waals surface area contributed by atoms with Gasteiger partial charge in [-0.1, -0.05) is 11.6 Å². The highest BCUT2D eigenvalue weighted by atomic mass is 35.5. The molecule has 0 bridgehead atoms. The molecular formula is C22H21ClN4. The van der Waals surface area contributed by atoms with Gasteiger partial charge in [-0.15, -0.1) is 0 Å². The van der Waals surface area contributed by atoms with E-state index in [9.17, 15) is 0 Å². The second kappa shape index (κ2) is 5.91. The molecule has 27 heavy (non-hydrogen) atoms. The smallest absolute Gasteiger partial charge is 0.144 e. The van der Waals surface area contributed by atoms with Crippen LogP contribution in [0.25, 0.3) is 22.8 Å². The van der Waals surface area contributed by atoms with E-state index in [-0.39, 0.29) is 0 Å². The lowest BCUT2D eigenvalue weighted by Gasteiger charge is -2.30. The highest BCUT2D eigenvalue weighted by Crippen LogP contribution is 2.44. The summed E-state index contributed by atoms with van der Waals surface area (Å²) in [5.41, 5.74) is 8.03. The number of nitrogens with zero attached hydrogens (tertiary/aromatic N) is 4. The highest BCUT2D eigenvalue weighted by molar-refractivity contribution is 6.31. The molecule has 6 rings (SSSR count). The summed E-state index contributed by atoms with van der Waals surface area (Å²) in [4.78, 5) is 11.7. The minimum atomic E-state index is 0.524. The van der Waals surface area contributed by atoms with Gasteiger partial charge in [0.15, 0.2) is 0 Å². The summed E-state index contributed by atoms with van der Waals surface area (Å²) in [6.07, 6.45) is 13.8. The number of rotatable bonds is 1. The standard InChI is InChI=1S/C22H21ClN4/c23-16-10-18-21-19-2-1-8-26(19)9-6-20(21)27(22(18)25-12-16)13-15-4-3-14-11-24-7-5-17(14)15/h5,7,10-13,19H,1-4,6,8-9H2. The molecule has 1 atom stereocenters. The van der Waals surface area contributed by atoms with Crippen molar-refractivity contribution in [3.8, 4) is 0 Å². The van der Waals surface area contributed by atoms with Crippen LogP contribution in [0, 0.1) is 0 Å². The van der Waals surface area contributed by atoms with E-state index in [1.54, 1.807) is 6.20 Å². The quantitative estimate of drug-likeness (QED) is 0.616. The van der Waals surface area contributed by atoms with Gasteiger partial charge < -0.3 is 4.57 Å². The van der Waals surface area contributed by atoms with Crippen LogP contribution >= 0.6 is 11.6 Å². The number of hydrogen-bond donors (Lipinski definition) is 0. The second-order valence-corrected chi connectivity index (χ2v) is 8.32. The molecule has 1 fully saturated rings. The molecule has 0 aromatic carbocycles. The molecule has 0 amide bonds. The van der Waals surface area contributed by atoms with Gasteiger partial charge in [-0.2, -0.15) is 0 Å². The largest absolute Gasteiger partial charge is 0.304 e. The third kappa shape index (κ3) is 2.33. The Morgan fingerprint density at radius 1 is 1.15 bits per heavy atom. The van der Waals surface area contributed by atoms with E-state index in [4.69, 9.17) is 16.6 Å². The average Bonchev–Trinajstić information content (AvgIpc) is 3.38. The number of aryl methyl sites for hydroxylation is 1. The number of pyridine rings is 2. The maximum absolute atomic E-state index is 6.34. The first-order chi connectivity index (χ1) is 13.3. The van der Waals surface area contributed by atoms with Gasteiger partial charge in [0.1, 0.15) is 5.65 Å². The van der Waals surface area contributed by atoms with E-state index in [1.807, 2.05) is 12.4 Å². The first-order valence-corrected chi connectivity index (χ1v) is 10.2. The van der Waals surface area contributed by atoms with Gasteiger partial charge in [0.2, 0.25) is 0 Å². The lowest BCUT2D eigenvalue weighted by molar-refractivity contribution is 0.243. The number of halogens is 1. The van der Waals surface area contributed by atoms with Crippen molar-refractivity contribution in [1.29, 1.82) is 0 Å². The van der Waals surface area contributed by atoms with Crippen LogP contribution in [0.5, 0.6) is 0 Å². The predicted molar refractivity (Wildman–Crippen MR) is 109 cm³/mol. The molecule has 3 aromatic heterocycles. The maximum Gasteiger partial charge on any atom is 0.144 e. The zero-order valence-electron chi connectivity index (χ0n) is 15.2. The van der Waals surface area contributed by atoms with Crippen LogP contribution in [-0.2, 0) is 12.8 Å². The number of allylic oxidation sites excluding steroid dienone is 1. The summed E-state index contributed by atoms with van der Waals surface area (Å²) in [5, 5.41) is 1.96. The van der Waals surface area contributed by atoms with Crippen LogP contribution in [0.15, 0.2) is 30.7 Å². The van der Waals surface area contributed by atoms with Crippen molar-refractivity contribution in [2.24, 2.45) is 0 Å². The molecule has 1 saturated heterocycles. The van der Waals surface area contributed by atoms with E-state index in [0.717, 1.165) is 36.5 Å². The van der Waals surface area contributed by atoms with Crippen LogP contribution in [0.2, 0.25) is 5.02 Å². The minimum absolute atomic E-state index is 0.524. The van der Waals surface area contributed by atoms with Crippen LogP contribution in [-0.4, -0.2) is 32.5 Å². The van der Waals surface area contributed by atoms with Gasteiger partial charge in [0, 0.05) is 60.4 Å². The monoisotopic (exact) mass is 376 g/mol. The number of hydrogen-bond acceptors (Lipinski definition) is 3. The Labute approximate surface area is 163 Å². The molecule has 5 heterocycles. The first kappa shape index (κ1) is 15.8. The Morgan fingerprint density at radius 3 is 3.07 bits per heavy atom. The molecule has 4 nitrogen and oxygen atoms in total. The predicted octanol–water partition coefficient (Wildman–Crippen LogP) is 4.72. The second-order valence-electron chi connectivity index (χ2n) is 7.89. The fourth-order valence-corrected chi connectivity index (χ4v) is 5.46. The van der Waals surface area contributed by atoms with E-state index in [2.05, 4.69) is 32.8 Å². The van der Waals surface area contributed by atoms with Crippen molar-refractivity contribution >= 4 is 34.4 Å². The van der Waals surface area contributed by atoms with Crippen LogP contribution in [0.1, 0.15) is 47.7 Å². The third-order valence-electron chi connectivity index (χ3n) is 6.48. The van der Waals surface area contributed by atoms with Gasteiger partial charge >= 0.3 is 0 Å². The molecule has 136 valence electrons. The topological polar surface area (TPSA) is 34.0 Å². The molecule has 1 unspecified atom stereocenters. The zero-order valence-corrected chi connectivity index (χ0v) is 15.9. The van der Waals surface area contributed by atoms with Crippen molar-refractivity contribution in [2.75, 3.05) is 13.1 Å². The Morgan fingerprint density at radius 2 is 2.11 bits per heavy atom. The molecular weight excluding hydrogens is 356 g/mol. The lowest BCUT2D eigenvalue weighted by atomic mass is 9.96. The van der Waals surface area contributed by atoms with Crippen LogP contribution < -0.4 is 0 Å². The summed E-state index contributed by atoms with van der Waals surface area (Å²) < 4.78 is 2.36. The van der Waals surface area contributed by atoms with E-state index in [1.165, 1.54) is 52.7 Å². The molecule has 1 aliphatic carbocycles. The Hall–Kier alpha value is -2.17. The third-order valence-corrected chi connectivity index (χ3v) is 6.69. The Balaban J connectivity index is 1.59. The molecule has 0 N–H and O–H groups in total. The minimum Gasteiger partial charge on any atom is -0.304 e. The fourth-order valence-electron chi connectivity index (χ4n) is 5.31. The molecule has 0 spiro atoms. The van der Waals surface area contributed by atoms with Gasteiger partial charge in [-0.3, -0.25) is 9.88 Å². The van der Waals surface area contributed by atoms with Crippen molar-refractivity contribution in [3.05, 3.63) is 58.1 Å². The molecule has 0 radical (unpaired) electrons. The molecule has 5 heteroatoms. The molecule has 3 aromatic rings.